The minimum absolute atomic E-state index is 0.0356. The van der Waals surface area contributed by atoms with Crippen molar-refractivity contribution in [3.8, 4) is 0 Å². The molecule has 0 unspecified atom stereocenters. The average molecular weight is 585 g/mol. The van der Waals surface area contributed by atoms with Crippen molar-refractivity contribution < 1.29 is 23.4 Å². The second-order valence-electron chi connectivity index (χ2n) is 13.0. The van der Waals surface area contributed by atoms with Crippen molar-refractivity contribution in [3.05, 3.63) is 53.2 Å². The van der Waals surface area contributed by atoms with E-state index in [1.54, 1.807) is 13.8 Å². The van der Waals surface area contributed by atoms with Crippen LogP contribution in [-0.2, 0) is 22.4 Å². The largest absolute Gasteiger partial charge is 0.481 e. The standard InChI is InChI=1S/C33H46F2N4O3/c1-32(2)23-39(18-14-33(32,34)35)28-10-3-7-25(19-28)26(20-30(40)41)22-42-29-11-6-17-38(21-29)16-5-9-27-13-12-24-8-4-15-36-31(24)37-27/h3,7,10,12-13,19,26,29H,4-6,8-9,11,14-18,20-23H2,1-2H3,(H,36,37)(H,40,41)/t26-,29-/m1/s1. The lowest BCUT2D eigenvalue weighted by molar-refractivity contribution is -0.138. The van der Waals surface area contributed by atoms with Crippen LogP contribution in [0.3, 0.4) is 0 Å². The SMILES string of the molecule is CC1(C)CN(c2cccc([C@@H](CO[C@@H]3CCCN(CCCc4ccc5c(n4)NCCC5)C3)CC(=O)O)c2)CCC1(F)F. The first-order valence-corrected chi connectivity index (χ1v) is 15.6. The number of carbonyl (C=O) groups is 1. The molecule has 2 aromatic rings. The van der Waals surface area contributed by atoms with Gasteiger partial charge in [-0.25, -0.2) is 13.8 Å². The predicted octanol–water partition coefficient (Wildman–Crippen LogP) is 5.98. The Labute approximate surface area is 248 Å². The maximum atomic E-state index is 14.4. The molecule has 2 fully saturated rings. The third kappa shape index (κ3) is 7.59. The van der Waals surface area contributed by atoms with Gasteiger partial charge in [0.15, 0.2) is 0 Å². The molecular weight excluding hydrogens is 538 g/mol. The minimum Gasteiger partial charge on any atom is -0.481 e. The normalized spacial score (nSPS) is 22.7. The topological polar surface area (TPSA) is 77.9 Å². The monoisotopic (exact) mass is 584 g/mol. The maximum absolute atomic E-state index is 14.4. The molecule has 2 N–H and O–H groups in total. The zero-order valence-corrected chi connectivity index (χ0v) is 25.1. The fraction of sp³-hybridized carbons (Fsp3) is 0.636. The molecule has 1 aromatic carbocycles. The number of halogens is 2. The summed E-state index contributed by atoms with van der Waals surface area (Å²) in [6.45, 7) is 7.94. The number of benzene rings is 1. The van der Waals surface area contributed by atoms with Crippen LogP contribution in [-0.4, -0.2) is 78.9 Å². The second-order valence-corrected chi connectivity index (χ2v) is 13.0. The Hall–Kier alpha value is -2.78. The number of aryl methyl sites for hydroxylation is 2. The van der Waals surface area contributed by atoms with Crippen molar-refractivity contribution in [2.24, 2.45) is 5.41 Å². The number of hydrogen-bond acceptors (Lipinski definition) is 6. The van der Waals surface area contributed by atoms with E-state index in [9.17, 15) is 18.7 Å². The summed E-state index contributed by atoms with van der Waals surface area (Å²) < 4.78 is 35.2. The molecule has 42 heavy (non-hydrogen) atoms. The van der Waals surface area contributed by atoms with Crippen LogP contribution >= 0.6 is 0 Å². The summed E-state index contributed by atoms with van der Waals surface area (Å²) in [6, 6.07) is 12.1. The molecule has 7 nitrogen and oxygen atoms in total. The summed E-state index contributed by atoms with van der Waals surface area (Å²) in [5.41, 5.74) is 3.05. The van der Waals surface area contributed by atoms with Crippen LogP contribution in [0.2, 0.25) is 0 Å². The number of fused-ring (bicyclic) bond motifs is 1. The Balaban J connectivity index is 1.14. The van der Waals surface area contributed by atoms with Crippen molar-refractivity contribution in [2.45, 2.75) is 83.2 Å². The molecule has 9 heteroatoms. The van der Waals surface area contributed by atoms with Crippen molar-refractivity contribution in [1.82, 2.24) is 9.88 Å². The lowest BCUT2D eigenvalue weighted by Gasteiger charge is -2.45. The molecule has 0 radical (unpaired) electrons. The molecule has 0 spiro atoms. The first kappa shape index (κ1) is 30.7. The number of hydrogen-bond donors (Lipinski definition) is 2. The molecule has 2 saturated heterocycles. The highest BCUT2D eigenvalue weighted by Crippen LogP contribution is 2.44. The summed E-state index contributed by atoms with van der Waals surface area (Å²) in [7, 11) is 0. The lowest BCUT2D eigenvalue weighted by Crippen LogP contribution is -2.52. The number of alkyl halides is 2. The number of carboxylic acids is 1. The minimum atomic E-state index is -2.70. The van der Waals surface area contributed by atoms with Gasteiger partial charge in [-0.2, -0.15) is 0 Å². The summed E-state index contributed by atoms with van der Waals surface area (Å²) in [5.74, 6) is -2.83. The Morgan fingerprint density at radius 2 is 2.07 bits per heavy atom. The van der Waals surface area contributed by atoms with Gasteiger partial charge in [0.1, 0.15) is 5.82 Å². The fourth-order valence-corrected chi connectivity index (χ4v) is 6.56. The number of nitrogens with zero attached hydrogens (tertiary/aromatic N) is 3. The van der Waals surface area contributed by atoms with Crippen LogP contribution in [0.15, 0.2) is 36.4 Å². The van der Waals surface area contributed by atoms with Gasteiger partial charge in [-0.05, 0) is 80.9 Å². The molecule has 0 saturated carbocycles. The van der Waals surface area contributed by atoms with E-state index in [-0.39, 0.29) is 38.0 Å². The van der Waals surface area contributed by atoms with E-state index in [2.05, 4.69) is 22.3 Å². The number of rotatable bonds is 11. The first-order chi connectivity index (χ1) is 20.1. The number of pyridine rings is 1. The third-order valence-corrected chi connectivity index (χ3v) is 9.25. The van der Waals surface area contributed by atoms with E-state index in [1.807, 2.05) is 29.2 Å². The molecule has 3 aliphatic rings. The zero-order chi connectivity index (χ0) is 29.7. The van der Waals surface area contributed by atoms with Crippen LogP contribution in [0.4, 0.5) is 20.3 Å². The van der Waals surface area contributed by atoms with Crippen LogP contribution in [0.1, 0.15) is 75.1 Å². The number of carboxylic acid groups (broad SMARTS) is 1. The first-order valence-electron chi connectivity index (χ1n) is 15.6. The van der Waals surface area contributed by atoms with E-state index in [1.165, 1.54) is 5.56 Å². The summed E-state index contributed by atoms with van der Waals surface area (Å²) >= 11 is 0. The Bertz CT molecular complexity index is 1220. The van der Waals surface area contributed by atoms with Crippen LogP contribution in [0, 0.1) is 5.41 Å². The van der Waals surface area contributed by atoms with Gasteiger partial charge in [0.2, 0.25) is 0 Å². The van der Waals surface area contributed by atoms with E-state index in [0.29, 0.717) is 6.61 Å². The van der Waals surface area contributed by atoms with Gasteiger partial charge in [-0.15, -0.1) is 0 Å². The Morgan fingerprint density at radius 3 is 2.88 bits per heavy atom. The second kappa shape index (κ2) is 13.2. The molecule has 5 rings (SSSR count). The average Bonchev–Trinajstić information content (AvgIpc) is 2.97. The molecule has 1 aromatic heterocycles. The number of nitrogens with one attached hydrogen (secondary N) is 1. The van der Waals surface area contributed by atoms with Crippen molar-refractivity contribution in [2.75, 3.05) is 56.1 Å². The molecule has 0 aliphatic carbocycles. The fourth-order valence-electron chi connectivity index (χ4n) is 6.56. The molecule has 2 atom stereocenters. The van der Waals surface area contributed by atoms with Gasteiger partial charge in [0, 0.05) is 55.3 Å². The number of piperidine rings is 2. The van der Waals surface area contributed by atoms with Crippen LogP contribution in [0.5, 0.6) is 0 Å². The Morgan fingerprint density at radius 1 is 1.21 bits per heavy atom. The number of likely N-dealkylation sites (tertiary alicyclic amines) is 1. The highest BCUT2D eigenvalue weighted by molar-refractivity contribution is 5.68. The van der Waals surface area contributed by atoms with Gasteiger partial charge in [0.25, 0.3) is 5.92 Å². The molecular formula is C33H46F2N4O3. The van der Waals surface area contributed by atoms with E-state index in [4.69, 9.17) is 9.72 Å². The number of aliphatic carboxylic acids is 1. The van der Waals surface area contributed by atoms with Gasteiger partial charge in [0.05, 0.1) is 19.1 Å². The molecule has 0 bridgehead atoms. The van der Waals surface area contributed by atoms with Gasteiger partial charge < -0.3 is 25.0 Å². The summed E-state index contributed by atoms with van der Waals surface area (Å²) in [6.07, 6.45) is 6.10. The van der Waals surface area contributed by atoms with Crippen molar-refractivity contribution in [1.29, 1.82) is 0 Å². The van der Waals surface area contributed by atoms with E-state index >= 15 is 0 Å². The summed E-state index contributed by atoms with van der Waals surface area (Å²) in [5, 5.41) is 13.1. The van der Waals surface area contributed by atoms with Gasteiger partial charge in [-0.1, -0.05) is 32.0 Å². The molecule has 0 amide bonds. The lowest BCUT2D eigenvalue weighted by atomic mass is 9.80. The molecule has 4 heterocycles. The number of ether oxygens (including phenoxy) is 1. The van der Waals surface area contributed by atoms with Gasteiger partial charge >= 0.3 is 5.97 Å². The number of anilines is 2. The Kier molecular flexibility index (Phi) is 9.67. The molecule has 3 aliphatic heterocycles. The van der Waals surface area contributed by atoms with Crippen LogP contribution in [0.25, 0.3) is 0 Å². The van der Waals surface area contributed by atoms with Crippen molar-refractivity contribution in [3.63, 3.8) is 0 Å². The predicted molar refractivity (Wildman–Crippen MR) is 162 cm³/mol. The summed E-state index contributed by atoms with van der Waals surface area (Å²) in [4.78, 5) is 21.0. The number of aromatic nitrogens is 1. The highest BCUT2D eigenvalue weighted by Gasteiger charge is 2.50. The quantitative estimate of drug-likeness (QED) is 0.336. The smallest absolute Gasteiger partial charge is 0.304 e. The zero-order valence-electron chi connectivity index (χ0n) is 25.1. The molecule has 230 valence electrons. The highest BCUT2D eigenvalue weighted by atomic mass is 19.3. The van der Waals surface area contributed by atoms with E-state index < -0.39 is 17.3 Å². The third-order valence-electron chi connectivity index (χ3n) is 9.25. The van der Waals surface area contributed by atoms with E-state index in [0.717, 1.165) is 87.5 Å². The van der Waals surface area contributed by atoms with Gasteiger partial charge in [-0.3, -0.25) is 4.79 Å². The van der Waals surface area contributed by atoms with Crippen molar-refractivity contribution >= 4 is 17.5 Å². The maximum Gasteiger partial charge on any atom is 0.304 e. The van der Waals surface area contributed by atoms with Crippen LogP contribution < -0.4 is 10.2 Å².